The third-order valence-corrected chi connectivity index (χ3v) is 5.39. The van der Waals surface area contributed by atoms with Crippen LogP contribution in [-0.4, -0.2) is 59.9 Å². The Kier molecular flexibility index (Phi) is 2.10. The maximum atomic E-state index is 12.6. The summed E-state index contributed by atoms with van der Waals surface area (Å²) >= 11 is 0. The van der Waals surface area contributed by atoms with E-state index in [2.05, 4.69) is 11.5 Å². The Morgan fingerprint density at radius 3 is 2.67 bits per heavy atom. The Morgan fingerprint density at radius 1 is 1.38 bits per heavy atom. The zero-order valence-electron chi connectivity index (χ0n) is 12.3. The number of hydrogen-bond acceptors (Lipinski definition) is 6. The summed E-state index contributed by atoms with van der Waals surface area (Å²) in [5, 5.41) is 0. The number of ether oxygens (including phenoxy) is 1. The molecule has 0 aromatic rings. The van der Waals surface area contributed by atoms with Crippen molar-refractivity contribution in [1.82, 2.24) is 9.80 Å². The monoisotopic (exact) mass is 287 g/mol. The number of carbonyl (C=O) groups excluding carboxylic acids is 2. The van der Waals surface area contributed by atoms with Crippen molar-refractivity contribution in [3.63, 3.8) is 0 Å². The van der Waals surface area contributed by atoms with Crippen LogP contribution in [0.1, 0.15) is 6.92 Å². The number of carbonyl (C=O) groups is 2. The Bertz CT molecular complexity index is 705. The van der Waals surface area contributed by atoms with Crippen LogP contribution < -0.4 is 5.73 Å². The lowest BCUT2D eigenvalue weighted by atomic mass is 9.87. The zero-order valence-corrected chi connectivity index (χ0v) is 12.3. The molecule has 2 fully saturated rings. The first-order valence-electron chi connectivity index (χ1n) is 6.92. The van der Waals surface area contributed by atoms with Gasteiger partial charge in [0.2, 0.25) is 11.6 Å². The van der Waals surface area contributed by atoms with Gasteiger partial charge in [0.15, 0.2) is 5.72 Å². The van der Waals surface area contributed by atoms with Gasteiger partial charge in [-0.05, 0) is 14.0 Å². The molecule has 1 unspecified atom stereocenters. The van der Waals surface area contributed by atoms with E-state index in [1.54, 1.807) is 14.0 Å². The summed E-state index contributed by atoms with van der Waals surface area (Å²) in [7, 11) is 3.61. The Balaban J connectivity index is 1.91. The number of likely N-dealkylation sites (N-methyl/N-ethyl adjacent to an activating group) is 1. The Morgan fingerprint density at radius 2 is 2.05 bits per heavy atom. The minimum Gasteiger partial charge on any atom is -0.395 e. The number of allylic oxidation sites excluding steroid dienone is 2. The molecule has 0 aromatic heterocycles. The highest BCUT2D eigenvalue weighted by Crippen LogP contribution is 2.58. The predicted molar refractivity (Wildman–Crippen MR) is 74.9 cm³/mol. The standard InChI is InChI=1S/C15H17N3O3/c1-6-10(16)13(20)9-7(2)15(21-4)14-8(17(14)3)5-18(15)11(9)12(6)19/h8,14H,2,5,16H2,1,3-4H3/t8-,14-,15+,17?/m0/s1. The maximum absolute atomic E-state index is 12.6. The fourth-order valence-corrected chi connectivity index (χ4v) is 4.15. The van der Waals surface area contributed by atoms with Crippen molar-refractivity contribution in [3.8, 4) is 0 Å². The predicted octanol–water partition coefficient (Wildman–Crippen LogP) is -0.464. The second kappa shape index (κ2) is 3.45. The van der Waals surface area contributed by atoms with Gasteiger partial charge in [-0.15, -0.1) is 0 Å². The smallest absolute Gasteiger partial charge is 0.211 e. The molecule has 6 heteroatoms. The first-order valence-corrected chi connectivity index (χ1v) is 6.92. The van der Waals surface area contributed by atoms with Gasteiger partial charge in [-0.2, -0.15) is 0 Å². The van der Waals surface area contributed by atoms with Crippen LogP contribution in [0.3, 0.4) is 0 Å². The molecule has 4 atom stereocenters. The number of nitrogens with zero attached hydrogens (tertiary/aromatic N) is 2. The van der Waals surface area contributed by atoms with E-state index < -0.39 is 5.72 Å². The minimum absolute atomic E-state index is 0.0213. The number of ketones is 2. The molecule has 0 amide bonds. The van der Waals surface area contributed by atoms with Crippen molar-refractivity contribution in [3.05, 3.63) is 34.7 Å². The lowest BCUT2D eigenvalue weighted by Crippen LogP contribution is -2.50. The molecule has 4 rings (SSSR count). The van der Waals surface area contributed by atoms with Crippen LogP contribution in [0.2, 0.25) is 0 Å². The van der Waals surface area contributed by atoms with Gasteiger partial charge in [0, 0.05) is 30.8 Å². The fraction of sp³-hybridized carbons (Fsp3) is 0.467. The van der Waals surface area contributed by atoms with Crippen LogP contribution in [0, 0.1) is 0 Å². The first kappa shape index (κ1) is 12.8. The number of Topliss-reactive ketones (excluding diaryl/α,β-unsaturated/α-hetero) is 2. The number of fused-ring (bicyclic) bond motifs is 4. The molecule has 2 N–H and O–H groups in total. The molecular formula is C15H17N3O3. The number of piperazine rings is 1. The molecule has 0 bridgehead atoms. The zero-order chi connectivity index (χ0) is 15.3. The number of rotatable bonds is 1. The molecule has 0 radical (unpaired) electrons. The van der Waals surface area contributed by atoms with E-state index in [0.717, 1.165) is 0 Å². The average Bonchev–Trinajstić information content (AvgIpc) is 2.86. The quantitative estimate of drug-likeness (QED) is 0.519. The van der Waals surface area contributed by atoms with Gasteiger partial charge >= 0.3 is 0 Å². The molecule has 110 valence electrons. The van der Waals surface area contributed by atoms with Gasteiger partial charge in [-0.3, -0.25) is 14.5 Å². The van der Waals surface area contributed by atoms with Crippen LogP contribution in [0.4, 0.5) is 0 Å². The summed E-state index contributed by atoms with van der Waals surface area (Å²) in [6.45, 7) is 6.34. The second-order valence-corrected chi connectivity index (χ2v) is 6.09. The highest BCUT2D eigenvalue weighted by Gasteiger charge is 2.73. The minimum atomic E-state index is -0.805. The van der Waals surface area contributed by atoms with Crippen molar-refractivity contribution in [2.75, 3.05) is 20.7 Å². The Hall–Kier alpha value is -1.92. The summed E-state index contributed by atoms with van der Waals surface area (Å²) in [5.41, 5.74) is 6.64. The SMILES string of the molecule is C=C1C2=C(C(=O)C(C)=C(N)C2=O)N2C[C@H]3[C@H](N3C)[C@]12OC. The molecule has 0 aromatic carbocycles. The third-order valence-electron chi connectivity index (χ3n) is 5.39. The van der Waals surface area contributed by atoms with Gasteiger partial charge < -0.3 is 15.4 Å². The fourth-order valence-electron chi connectivity index (χ4n) is 4.15. The number of nitrogens with two attached hydrogens (primary N) is 1. The molecule has 3 heterocycles. The van der Waals surface area contributed by atoms with Crippen molar-refractivity contribution in [2.24, 2.45) is 5.73 Å². The summed E-state index contributed by atoms with van der Waals surface area (Å²) in [4.78, 5) is 29.2. The van der Waals surface area contributed by atoms with Crippen LogP contribution in [0.15, 0.2) is 34.7 Å². The average molecular weight is 287 g/mol. The van der Waals surface area contributed by atoms with Crippen molar-refractivity contribution >= 4 is 11.6 Å². The lowest BCUT2D eigenvalue weighted by Gasteiger charge is -2.37. The van der Waals surface area contributed by atoms with Gasteiger partial charge in [0.1, 0.15) is 0 Å². The highest BCUT2D eigenvalue weighted by atomic mass is 16.5. The van der Waals surface area contributed by atoms with Crippen LogP contribution in [0.5, 0.6) is 0 Å². The van der Waals surface area contributed by atoms with Crippen LogP contribution in [0.25, 0.3) is 0 Å². The van der Waals surface area contributed by atoms with E-state index in [1.807, 2.05) is 11.9 Å². The van der Waals surface area contributed by atoms with E-state index in [4.69, 9.17) is 10.5 Å². The number of hydrogen-bond donors (Lipinski definition) is 1. The first-order chi connectivity index (χ1) is 9.87. The van der Waals surface area contributed by atoms with E-state index in [1.165, 1.54) is 0 Å². The van der Waals surface area contributed by atoms with Crippen molar-refractivity contribution in [1.29, 1.82) is 0 Å². The molecule has 0 spiro atoms. The summed E-state index contributed by atoms with van der Waals surface area (Å²) < 4.78 is 5.80. The normalized spacial score (nSPS) is 40.8. The molecule has 6 nitrogen and oxygen atoms in total. The molecule has 1 aliphatic carbocycles. The molecule has 0 saturated carbocycles. The Labute approximate surface area is 122 Å². The topological polar surface area (TPSA) is 75.6 Å². The highest BCUT2D eigenvalue weighted by molar-refractivity contribution is 6.27. The largest absolute Gasteiger partial charge is 0.395 e. The second-order valence-electron chi connectivity index (χ2n) is 6.09. The maximum Gasteiger partial charge on any atom is 0.211 e. The van der Waals surface area contributed by atoms with Crippen LogP contribution >= 0.6 is 0 Å². The molecular weight excluding hydrogens is 270 g/mol. The van der Waals surface area contributed by atoms with Gasteiger partial charge in [-0.25, -0.2) is 0 Å². The van der Waals surface area contributed by atoms with E-state index >= 15 is 0 Å². The van der Waals surface area contributed by atoms with Gasteiger partial charge in [-0.1, -0.05) is 6.58 Å². The van der Waals surface area contributed by atoms with Crippen molar-refractivity contribution < 1.29 is 14.3 Å². The molecule has 3 aliphatic heterocycles. The number of methoxy groups -OCH3 is 1. The third kappa shape index (κ3) is 1.10. The van der Waals surface area contributed by atoms with Gasteiger partial charge in [0.25, 0.3) is 0 Å². The van der Waals surface area contributed by atoms with Crippen LogP contribution in [-0.2, 0) is 14.3 Å². The lowest BCUT2D eigenvalue weighted by molar-refractivity contribution is -0.119. The van der Waals surface area contributed by atoms with Gasteiger partial charge in [0.05, 0.1) is 23.0 Å². The van der Waals surface area contributed by atoms with E-state index in [9.17, 15) is 9.59 Å². The summed E-state index contributed by atoms with van der Waals surface area (Å²) in [5.74, 6) is -0.496. The molecule has 4 aliphatic rings. The summed E-state index contributed by atoms with van der Waals surface area (Å²) in [6.07, 6.45) is 0. The van der Waals surface area contributed by atoms with E-state index in [0.29, 0.717) is 35.0 Å². The van der Waals surface area contributed by atoms with E-state index in [-0.39, 0.29) is 23.3 Å². The molecule has 21 heavy (non-hydrogen) atoms. The summed E-state index contributed by atoms with van der Waals surface area (Å²) in [6, 6.07) is 0.463. The van der Waals surface area contributed by atoms with Crippen molar-refractivity contribution in [2.45, 2.75) is 24.7 Å². The molecule has 2 saturated heterocycles.